The Morgan fingerprint density at radius 1 is 0.909 bits per heavy atom. The second-order valence-corrected chi connectivity index (χ2v) is 6.17. The van der Waals surface area contributed by atoms with E-state index in [-0.39, 0.29) is 0 Å². The zero-order chi connectivity index (χ0) is 14.9. The number of anilines is 2. The van der Waals surface area contributed by atoms with Crippen molar-refractivity contribution in [3.63, 3.8) is 0 Å². The first-order valence-electron chi connectivity index (χ1n) is 7.53. The molecule has 112 valence electrons. The highest BCUT2D eigenvalue weighted by atomic mass is 79.9. The van der Waals surface area contributed by atoms with Crippen LogP contribution in [0.2, 0.25) is 0 Å². The van der Waals surface area contributed by atoms with E-state index >= 15 is 0 Å². The number of benzene rings is 2. The lowest BCUT2D eigenvalue weighted by atomic mass is 10.1. The molecule has 0 spiro atoms. The van der Waals surface area contributed by atoms with Crippen molar-refractivity contribution in [2.24, 2.45) is 4.99 Å². The lowest BCUT2D eigenvalue weighted by Gasteiger charge is -2.31. The van der Waals surface area contributed by atoms with Crippen LogP contribution < -0.4 is 9.24 Å². The number of aliphatic imine (C=N–C) groups is 1. The molecule has 22 heavy (non-hydrogen) atoms. The van der Waals surface area contributed by atoms with Gasteiger partial charge in [0.25, 0.3) is 0 Å². The molecule has 0 saturated carbocycles. The summed E-state index contributed by atoms with van der Waals surface area (Å²) in [6.07, 6.45) is 0. The van der Waals surface area contributed by atoms with Crippen LogP contribution in [0.4, 0.5) is 17.1 Å². The third kappa shape index (κ3) is 2.30. The maximum Gasteiger partial charge on any atom is 0.138 e. The zero-order valence-electron chi connectivity index (χ0n) is 12.2. The molecule has 2 aliphatic rings. The Balaban J connectivity index is 1.91. The molecule has 0 bridgehead atoms. The summed E-state index contributed by atoms with van der Waals surface area (Å²) in [7, 11) is 0. The molecule has 2 aromatic rings. The highest BCUT2D eigenvalue weighted by Gasteiger charge is 2.25. The molecule has 0 unspecified atom stereocenters. The zero-order valence-corrected chi connectivity index (χ0v) is 13.8. The molecule has 1 fully saturated rings. The van der Waals surface area contributed by atoms with Gasteiger partial charge in [-0.05, 0) is 24.3 Å². The third-order valence-corrected chi connectivity index (χ3v) is 4.86. The minimum Gasteiger partial charge on any atom is -0.353 e. The van der Waals surface area contributed by atoms with Gasteiger partial charge in [-0.15, -0.1) is 0 Å². The minimum atomic E-state index is 0.984. The number of amidine groups is 1. The van der Waals surface area contributed by atoms with Gasteiger partial charge in [-0.1, -0.05) is 24.3 Å². The molecule has 2 aromatic carbocycles. The van der Waals surface area contributed by atoms with Crippen LogP contribution in [0.3, 0.4) is 0 Å². The van der Waals surface area contributed by atoms with E-state index < -0.39 is 0 Å². The molecule has 4 rings (SSSR count). The average Bonchev–Trinajstić information content (AvgIpc) is 2.72. The van der Waals surface area contributed by atoms with E-state index in [4.69, 9.17) is 4.99 Å². The first-order chi connectivity index (χ1) is 10.8. The number of nitrogens with one attached hydrogen (secondary N) is 1. The number of para-hydroxylation sites is 3. The van der Waals surface area contributed by atoms with Crippen LogP contribution in [-0.4, -0.2) is 36.9 Å². The van der Waals surface area contributed by atoms with Gasteiger partial charge in [0.05, 0.1) is 33.2 Å². The van der Waals surface area contributed by atoms with E-state index in [9.17, 15) is 0 Å². The van der Waals surface area contributed by atoms with Gasteiger partial charge in [-0.3, -0.25) is 3.93 Å². The lowest BCUT2D eigenvalue weighted by molar-refractivity contribution is 0.358. The summed E-state index contributed by atoms with van der Waals surface area (Å²) < 4.78 is 2.05. The molecule has 2 heterocycles. The molecule has 0 amide bonds. The monoisotopic (exact) mass is 356 g/mol. The quantitative estimate of drug-likeness (QED) is 0.733. The number of rotatable bonds is 0. The van der Waals surface area contributed by atoms with E-state index in [0.29, 0.717) is 0 Å². The summed E-state index contributed by atoms with van der Waals surface area (Å²) in [5.41, 5.74) is 4.35. The van der Waals surface area contributed by atoms with Gasteiger partial charge in [0, 0.05) is 31.7 Å². The highest BCUT2D eigenvalue weighted by molar-refractivity contribution is 9.10. The van der Waals surface area contributed by atoms with Crippen LogP contribution in [0.15, 0.2) is 53.5 Å². The maximum atomic E-state index is 5.00. The fraction of sp³-hybridized carbons (Fsp3) is 0.235. The Bertz CT molecular complexity index is 722. The van der Waals surface area contributed by atoms with Crippen molar-refractivity contribution >= 4 is 39.0 Å². The van der Waals surface area contributed by atoms with Crippen molar-refractivity contribution in [2.75, 3.05) is 30.1 Å². The molecule has 5 heteroatoms. The second kappa shape index (κ2) is 5.74. The van der Waals surface area contributed by atoms with Crippen molar-refractivity contribution in [3.05, 3.63) is 54.1 Å². The number of fused-ring (bicyclic) bond motifs is 2. The second-order valence-electron chi connectivity index (χ2n) is 5.46. The van der Waals surface area contributed by atoms with Crippen molar-refractivity contribution in [1.82, 2.24) is 10.2 Å². The van der Waals surface area contributed by atoms with Crippen molar-refractivity contribution < 1.29 is 0 Å². The smallest absolute Gasteiger partial charge is 0.138 e. The first kappa shape index (κ1) is 13.8. The highest BCUT2D eigenvalue weighted by Crippen LogP contribution is 2.41. The average molecular weight is 357 g/mol. The maximum absolute atomic E-state index is 5.00. The van der Waals surface area contributed by atoms with E-state index in [1.165, 1.54) is 0 Å². The Kier molecular flexibility index (Phi) is 3.60. The van der Waals surface area contributed by atoms with E-state index in [2.05, 4.69) is 66.7 Å². The summed E-state index contributed by atoms with van der Waals surface area (Å²) in [6, 6.07) is 16.7. The molecule has 4 nitrogen and oxygen atoms in total. The molecule has 0 aliphatic carbocycles. The number of hydrogen-bond acceptors (Lipinski definition) is 4. The lowest BCUT2D eigenvalue weighted by Crippen LogP contribution is -2.46. The van der Waals surface area contributed by atoms with Crippen molar-refractivity contribution in [2.45, 2.75) is 0 Å². The van der Waals surface area contributed by atoms with Crippen molar-refractivity contribution in [1.29, 1.82) is 0 Å². The number of halogens is 1. The summed E-state index contributed by atoms with van der Waals surface area (Å²) in [5.74, 6) is 1.06. The fourth-order valence-electron chi connectivity index (χ4n) is 2.98. The minimum absolute atomic E-state index is 0.984. The summed E-state index contributed by atoms with van der Waals surface area (Å²) in [5, 5.41) is 3.40. The number of nitrogens with zero attached hydrogens (tertiary/aromatic N) is 3. The number of hydrogen-bond donors (Lipinski definition) is 1. The Hall–Kier alpha value is -1.85. The summed E-state index contributed by atoms with van der Waals surface area (Å²) in [6.45, 7) is 3.97. The van der Waals surface area contributed by atoms with Crippen molar-refractivity contribution in [3.8, 4) is 0 Å². The van der Waals surface area contributed by atoms with Crippen LogP contribution in [0.25, 0.3) is 0 Å². The summed E-state index contributed by atoms with van der Waals surface area (Å²) in [4.78, 5) is 7.37. The van der Waals surface area contributed by atoms with Gasteiger partial charge in [0.2, 0.25) is 0 Å². The molecular weight excluding hydrogens is 340 g/mol. The number of piperazine rings is 1. The Morgan fingerprint density at radius 3 is 2.41 bits per heavy atom. The van der Waals surface area contributed by atoms with Gasteiger partial charge in [0.15, 0.2) is 0 Å². The van der Waals surface area contributed by atoms with Gasteiger partial charge in [-0.25, -0.2) is 4.99 Å². The van der Waals surface area contributed by atoms with Gasteiger partial charge < -0.3 is 10.2 Å². The van der Waals surface area contributed by atoms with Crippen LogP contribution in [0.5, 0.6) is 0 Å². The molecule has 2 aliphatic heterocycles. The van der Waals surface area contributed by atoms with E-state index in [1.807, 2.05) is 12.1 Å². The molecule has 1 N–H and O–H groups in total. The Morgan fingerprint density at radius 2 is 1.59 bits per heavy atom. The van der Waals surface area contributed by atoms with Gasteiger partial charge >= 0.3 is 0 Å². The topological polar surface area (TPSA) is 30.9 Å². The van der Waals surface area contributed by atoms with Gasteiger partial charge in [0.1, 0.15) is 5.84 Å². The van der Waals surface area contributed by atoms with Crippen LogP contribution in [0.1, 0.15) is 5.56 Å². The van der Waals surface area contributed by atoms with Crippen LogP contribution in [-0.2, 0) is 0 Å². The fourth-order valence-corrected chi connectivity index (χ4v) is 3.59. The van der Waals surface area contributed by atoms with Crippen LogP contribution >= 0.6 is 16.1 Å². The van der Waals surface area contributed by atoms with E-state index in [1.54, 1.807) is 0 Å². The molecule has 0 aromatic heterocycles. The van der Waals surface area contributed by atoms with E-state index in [0.717, 1.165) is 54.6 Å². The molecule has 0 radical (unpaired) electrons. The predicted octanol–water partition coefficient (Wildman–Crippen LogP) is 3.43. The molecule has 1 saturated heterocycles. The first-order valence-corrected chi connectivity index (χ1v) is 8.24. The third-order valence-electron chi connectivity index (χ3n) is 4.09. The molecular formula is C17H17BrN4. The standard InChI is InChI=1S/C17H17BrN4/c18-22-15-7-3-1-5-13(15)17(21-11-9-19-10-12-21)20-14-6-2-4-8-16(14)22/h1-8,19H,9-12H2. The molecule has 0 atom stereocenters. The SMILES string of the molecule is BrN1c2ccccc2N=C(N2CCNCC2)c2ccccc21. The summed E-state index contributed by atoms with van der Waals surface area (Å²) >= 11 is 3.72. The normalized spacial score (nSPS) is 17.4. The Labute approximate surface area is 138 Å². The van der Waals surface area contributed by atoms with Gasteiger partial charge in [-0.2, -0.15) is 0 Å². The predicted molar refractivity (Wildman–Crippen MR) is 94.6 cm³/mol. The van der Waals surface area contributed by atoms with Crippen LogP contribution in [0, 0.1) is 0 Å². The largest absolute Gasteiger partial charge is 0.353 e.